The summed E-state index contributed by atoms with van der Waals surface area (Å²) < 4.78 is 0. The number of aromatic nitrogens is 2. The fourth-order valence-corrected chi connectivity index (χ4v) is 1.98. The van der Waals surface area contributed by atoms with Gasteiger partial charge in [0.25, 0.3) is 0 Å². The highest BCUT2D eigenvalue weighted by Crippen LogP contribution is 2.29. The van der Waals surface area contributed by atoms with Crippen molar-refractivity contribution in [1.82, 2.24) is 9.97 Å². The number of aryl methyl sites for hydroxylation is 1. The van der Waals surface area contributed by atoms with Crippen molar-refractivity contribution in [3.63, 3.8) is 0 Å². The molecule has 0 fully saturated rings. The lowest BCUT2D eigenvalue weighted by Gasteiger charge is -2.20. The average molecular weight is 266 g/mol. The molecule has 102 valence electrons. The maximum Gasteiger partial charge on any atom is 0.236 e. The van der Waals surface area contributed by atoms with E-state index < -0.39 is 0 Å². The number of benzene rings is 1. The van der Waals surface area contributed by atoms with E-state index in [-0.39, 0.29) is 5.41 Å². The zero-order valence-corrected chi connectivity index (χ0v) is 12.2. The number of nitrogens with zero attached hydrogens (tertiary/aromatic N) is 3. The van der Waals surface area contributed by atoms with E-state index in [9.17, 15) is 0 Å². The van der Waals surface area contributed by atoms with Crippen LogP contribution >= 0.6 is 0 Å². The average Bonchev–Trinajstić information content (AvgIpc) is 2.39. The molecule has 0 unspecified atom stereocenters. The number of rotatable bonds is 2. The van der Waals surface area contributed by atoms with Crippen molar-refractivity contribution in [3.05, 3.63) is 41.7 Å². The van der Waals surface area contributed by atoms with E-state index in [4.69, 9.17) is 5.26 Å². The fourth-order valence-electron chi connectivity index (χ4n) is 1.98. The quantitative estimate of drug-likeness (QED) is 0.666. The van der Waals surface area contributed by atoms with Gasteiger partial charge >= 0.3 is 0 Å². The van der Waals surface area contributed by atoms with Crippen molar-refractivity contribution in [3.8, 4) is 17.3 Å². The SMILES string of the molecule is Cc1ccc(C(C)(C)C)cc1-c1cnc(NC#N)nc1. The Bertz CT molecular complexity index is 646. The van der Waals surface area contributed by atoms with Crippen LogP contribution in [0.15, 0.2) is 30.6 Å². The summed E-state index contributed by atoms with van der Waals surface area (Å²) in [5.74, 6) is 0.320. The highest BCUT2D eigenvalue weighted by atomic mass is 15.1. The molecule has 0 bridgehead atoms. The Balaban J connectivity index is 2.44. The van der Waals surface area contributed by atoms with E-state index in [1.54, 1.807) is 12.4 Å². The van der Waals surface area contributed by atoms with Crippen LogP contribution in [0, 0.1) is 18.4 Å². The summed E-state index contributed by atoms with van der Waals surface area (Å²) in [5.41, 5.74) is 4.64. The van der Waals surface area contributed by atoms with E-state index in [2.05, 4.69) is 61.2 Å². The predicted molar refractivity (Wildman–Crippen MR) is 80.1 cm³/mol. The summed E-state index contributed by atoms with van der Waals surface area (Å²) in [6.07, 6.45) is 5.28. The number of hydrogen-bond donors (Lipinski definition) is 1. The molecule has 1 aromatic heterocycles. The van der Waals surface area contributed by atoms with E-state index in [1.165, 1.54) is 11.1 Å². The van der Waals surface area contributed by atoms with Crippen LogP contribution in [0.5, 0.6) is 0 Å². The molecule has 20 heavy (non-hydrogen) atoms. The summed E-state index contributed by atoms with van der Waals surface area (Å²) >= 11 is 0. The van der Waals surface area contributed by atoms with Gasteiger partial charge in [-0.1, -0.05) is 39.0 Å². The number of hydrogen-bond acceptors (Lipinski definition) is 4. The molecule has 1 N–H and O–H groups in total. The molecule has 0 saturated carbocycles. The topological polar surface area (TPSA) is 61.6 Å². The van der Waals surface area contributed by atoms with Gasteiger partial charge in [0.1, 0.15) is 0 Å². The minimum atomic E-state index is 0.103. The summed E-state index contributed by atoms with van der Waals surface area (Å²) in [7, 11) is 0. The second-order valence-corrected chi connectivity index (χ2v) is 5.81. The molecule has 0 aliphatic rings. The highest BCUT2D eigenvalue weighted by molar-refractivity contribution is 5.67. The van der Waals surface area contributed by atoms with Gasteiger partial charge in [-0.15, -0.1) is 0 Å². The summed E-state index contributed by atoms with van der Waals surface area (Å²) in [4.78, 5) is 8.27. The zero-order chi connectivity index (χ0) is 14.8. The first-order chi connectivity index (χ1) is 9.41. The number of nitriles is 1. The van der Waals surface area contributed by atoms with Gasteiger partial charge in [0.2, 0.25) is 5.95 Å². The Hall–Kier alpha value is -2.41. The highest BCUT2D eigenvalue weighted by Gasteiger charge is 2.15. The van der Waals surface area contributed by atoms with Crippen molar-refractivity contribution in [2.24, 2.45) is 0 Å². The van der Waals surface area contributed by atoms with Crippen molar-refractivity contribution < 1.29 is 0 Å². The zero-order valence-electron chi connectivity index (χ0n) is 12.2. The molecule has 2 rings (SSSR count). The van der Waals surface area contributed by atoms with Crippen LogP contribution < -0.4 is 5.32 Å². The largest absolute Gasteiger partial charge is 0.261 e. The third-order valence-electron chi connectivity index (χ3n) is 3.23. The Morgan fingerprint density at radius 1 is 1.15 bits per heavy atom. The third-order valence-corrected chi connectivity index (χ3v) is 3.23. The van der Waals surface area contributed by atoms with E-state index >= 15 is 0 Å². The molecule has 0 saturated heterocycles. The van der Waals surface area contributed by atoms with Gasteiger partial charge in [-0.05, 0) is 29.0 Å². The molecule has 1 aromatic carbocycles. The van der Waals surface area contributed by atoms with Gasteiger partial charge in [0.05, 0.1) is 0 Å². The summed E-state index contributed by atoms with van der Waals surface area (Å²) in [6.45, 7) is 8.65. The lowest BCUT2D eigenvalue weighted by Crippen LogP contribution is -2.11. The molecule has 0 spiro atoms. The van der Waals surface area contributed by atoms with Gasteiger partial charge in [-0.3, -0.25) is 5.32 Å². The molecule has 0 atom stereocenters. The summed E-state index contributed by atoms with van der Waals surface area (Å²) in [6, 6.07) is 6.47. The predicted octanol–water partition coefficient (Wildman–Crippen LogP) is 3.64. The molecule has 0 amide bonds. The molecule has 0 aliphatic carbocycles. The van der Waals surface area contributed by atoms with Crippen LogP contribution in [0.25, 0.3) is 11.1 Å². The number of anilines is 1. The van der Waals surface area contributed by atoms with Crippen LogP contribution in [-0.4, -0.2) is 9.97 Å². The van der Waals surface area contributed by atoms with Crippen molar-refractivity contribution in [2.75, 3.05) is 5.32 Å². The van der Waals surface area contributed by atoms with E-state index in [1.807, 2.05) is 6.19 Å². The first-order valence-electron chi connectivity index (χ1n) is 6.50. The normalized spacial score (nSPS) is 10.9. The molecule has 0 aliphatic heterocycles. The summed E-state index contributed by atoms with van der Waals surface area (Å²) in [5, 5.41) is 11.0. The molecular formula is C16H18N4. The minimum Gasteiger partial charge on any atom is -0.261 e. The first-order valence-corrected chi connectivity index (χ1v) is 6.50. The Labute approximate surface area is 119 Å². The first kappa shape index (κ1) is 14.0. The second-order valence-electron chi connectivity index (χ2n) is 5.81. The van der Waals surface area contributed by atoms with Crippen molar-refractivity contribution in [1.29, 1.82) is 5.26 Å². The Kier molecular flexibility index (Phi) is 3.71. The Morgan fingerprint density at radius 2 is 1.80 bits per heavy atom. The van der Waals surface area contributed by atoms with Crippen LogP contribution in [0.3, 0.4) is 0 Å². The van der Waals surface area contributed by atoms with Gasteiger partial charge in [-0.25, -0.2) is 9.97 Å². The maximum absolute atomic E-state index is 8.53. The molecule has 2 aromatic rings. The van der Waals surface area contributed by atoms with Crippen LogP contribution in [0.2, 0.25) is 0 Å². The van der Waals surface area contributed by atoms with Crippen molar-refractivity contribution >= 4 is 5.95 Å². The Morgan fingerprint density at radius 3 is 2.35 bits per heavy atom. The van der Waals surface area contributed by atoms with Gasteiger partial charge in [0, 0.05) is 18.0 Å². The second kappa shape index (κ2) is 5.30. The van der Waals surface area contributed by atoms with E-state index in [0.717, 1.165) is 11.1 Å². The molecule has 0 radical (unpaired) electrons. The molecule has 1 heterocycles. The number of nitrogens with one attached hydrogen (secondary N) is 1. The fraction of sp³-hybridized carbons (Fsp3) is 0.312. The third kappa shape index (κ3) is 2.94. The van der Waals surface area contributed by atoms with Crippen LogP contribution in [0.1, 0.15) is 31.9 Å². The van der Waals surface area contributed by atoms with E-state index in [0.29, 0.717) is 5.95 Å². The molecule has 4 nitrogen and oxygen atoms in total. The molecule has 4 heteroatoms. The molecular weight excluding hydrogens is 248 g/mol. The lowest BCUT2D eigenvalue weighted by atomic mass is 9.84. The standard InChI is InChI=1S/C16H18N4/c1-11-5-6-13(16(2,3)4)7-14(11)12-8-18-15(19-9-12)20-10-17/h5-9H,1-4H3,(H,18,19,20). The van der Waals surface area contributed by atoms with Gasteiger partial charge in [0.15, 0.2) is 6.19 Å². The lowest BCUT2D eigenvalue weighted by molar-refractivity contribution is 0.590. The monoisotopic (exact) mass is 266 g/mol. The van der Waals surface area contributed by atoms with Crippen molar-refractivity contribution in [2.45, 2.75) is 33.1 Å². The maximum atomic E-state index is 8.53. The van der Waals surface area contributed by atoms with Crippen LogP contribution in [-0.2, 0) is 5.41 Å². The van der Waals surface area contributed by atoms with Crippen LogP contribution in [0.4, 0.5) is 5.95 Å². The van der Waals surface area contributed by atoms with Gasteiger partial charge in [-0.2, -0.15) is 5.26 Å². The van der Waals surface area contributed by atoms with Gasteiger partial charge < -0.3 is 0 Å². The smallest absolute Gasteiger partial charge is 0.236 e. The minimum absolute atomic E-state index is 0.103.